The van der Waals surface area contributed by atoms with E-state index in [1.54, 1.807) is 0 Å². The maximum absolute atomic E-state index is 10.9. The number of hydrogen-bond donors (Lipinski definition) is 2. The van der Waals surface area contributed by atoms with Crippen LogP contribution in [0.4, 0.5) is 0 Å². The van der Waals surface area contributed by atoms with Crippen molar-refractivity contribution in [3.63, 3.8) is 0 Å². The van der Waals surface area contributed by atoms with Crippen molar-refractivity contribution < 1.29 is 9.90 Å². The summed E-state index contributed by atoms with van der Waals surface area (Å²) in [5.74, 6) is -0.104. The van der Waals surface area contributed by atoms with E-state index in [1.165, 1.54) is 6.92 Å². The molecule has 0 unspecified atom stereocenters. The van der Waals surface area contributed by atoms with E-state index in [4.69, 9.17) is 0 Å². The van der Waals surface area contributed by atoms with Gasteiger partial charge in [0.2, 0.25) is 5.91 Å². The fourth-order valence-electron chi connectivity index (χ4n) is 2.03. The molecule has 3 heteroatoms. The highest BCUT2D eigenvalue weighted by molar-refractivity contribution is 5.73. The summed E-state index contributed by atoms with van der Waals surface area (Å²) >= 11 is 0. The first-order chi connectivity index (χ1) is 11.1. The molecule has 0 bridgehead atoms. The Hall–Kier alpha value is -1.61. The Balaban J connectivity index is 3.65. The number of aliphatic hydroxyl groups is 1. The van der Waals surface area contributed by atoms with Crippen LogP contribution in [0.1, 0.15) is 59.3 Å². The molecule has 1 amide bonds. The standard InChI is InChI=1S/C20H33NO2/c1-4-5-6-7-8-9-10-11-12-13-14-15-16-17-20(23)18(2)21-19(3)22/h5-6,8-9,11-12,14-15,18,20,23H,4,7,10,13,16-17H2,1-3H3,(H,21,22)/b6-5-,9-8-,12-11-,15-14-/t18-,20+/m1/s1. The van der Waals surface area contributed by atoms with Crippen LogP contribution in [0.2, 0.25) is 0 Å². The van der Waals surface area contributed by atoms with Gasteiger partial charge in [-0.3, -0.25) is 4.79 Å². The van der Waals surface area contributed by atoms with Gasteiger partial charge >= 0.3 is 0 Å². The molecule has 2 N–H and O–H groups in total. The first-order valence-corrected chi connectivity index (χ1v) is 8.63. The molecule has 23 heavy (non-hydrogen) atoms. The lowest BCUT2D eigenvalue weighted by atomic mass is 10.1. The smallest absolute Gasteiger partial charge is 0.217 e. The molecule has 0 radical (unpaired) electrons. The second kappa shape index (κ2) is 15.3. The summed E-state index contributed by atoms with van der Waals surface area (Å²) < 4.78 is 0. The average Bonchev–Trinajstić information content (AvgIpc) is 2.51. The van der Waals surface area contributed by atoms with E-state index < -0.39 is 6.10 Å². The van der Waals surface area contributed by atoms with Gasteiger partial charge in [-0.15, -0.1) is 0 Å². The number of allylic oxidation sites excluding steroid dienone is 8. The Morgan fingerprint density at radius 3 is 1.91 bits per heavy atom. The predicted octanol–water partition coefficient (Wildman–Crippen LogP) is 4.46. The molecule has 0 aromatic rings. The zero-order valence-corrected chi connectivity index (χ0v) is 14.9. The highest BCUT2D eigenvalue weighted by atomic mass is 16.3. The molecule has 0 rings (SSSR count). The number of carbonyl (C=O) groups is 1. The second-order valence-electron chi connectivity index (χ2n) is 5.63. The van der Waals surface area contributed by atoms with Crippen LogP contribution in [0, 0.1) is 0 Å². The number of aliphatic hydroxyl groups excluding tert-OH is 1. The van der Waals surface area contributed by atoms with Crippen molar-refractivity contribution in [2.24, 2.45) is 0 Å². The normalized spacial score (nSPS) is 15.1. The van der Waals surface area contributed by atoms with Crippen molar-refractivity contribution in [2.45, 2.75) is 71.4 Å². The van der Waals surface area contributed by atoms with E-state index in [9.17, 15) is 9.90 Å². The summed E-state index contributed by atoms with van der Waals surface area (Å²) in [4.78, 5) is 10.9. The molecule has 0 aromatic carbocycles. The van der Waals surface area contributed by atoms with Crippen molar-refractivity contribution >= 4 is 5.91 Å². The van der Waals surface area contributed by atoms with Gasteiger partial charge in [0.25, 0.3) is 0 Å². The highest BCUT2D eigenvalue weighted by Gasteiger charge is 2.13. The van der Waals surface area contributed by atoms with Gasteiger partial charge < -0.3 is 10.4 Å². The van der Waals surface area contributed by atoms with E-state index in [-0.39, 0.29) is 11.9 Å². The van der Waals surface area contributed by atoms with Crippen molar-refractivity contribution in [3.05, 3.63) is 48.6 Å². The third-order valence-corrected chi connectivity index (χ3v) is 3.36. The highest BCUT2D eigenvalue weighted by Crippen LogP contribution is 2.04. The van der Waals surface area contributed by atoms with E-state index in [0.717, 1.165) is 32.1 Å². The van der Waals surface area contributed by atoms with Crippen molar-refractivity contribution in [1.82, 2.24) is 5.32 Å². The lowest BCUT2D eigenvalue weighted by Gasteiger charge is -2.18. The van der Waals surface area contributed by atoms with Gasteiger partial charge in [0, 0.05) is 6.92 Å². The summed E-state index contributed by atoms with van der Waals surface area (Å²) in [6.07, 6.45) is 22.2. The maximum atomic E-state index is 10.9. The molecule has 0 aliphatic rings. The molecule has 2 atom stereocenters. The Kier molecular flexibility index (Phi) is 14.2. The Morgan fingerprint density at radius 2 is 1.43 bits per heavy atom. The Labute approximate surface area is 141 Å². The molecule has 130 valence electrons. The minimum Gasteiger partial charge on any atom is -0.391 e. The lowest BCUT2D eigenvalue weighted by Crippen LogP contribution is -2.39. The number of hydrogen-bond acceptors (Lipinski definition) is 2. The van der Waals surface area contributed by atoms with Gasteiger partial charge in [-0.25, -0.2) is 0 Å². The average molecular weight is 319 g/mol. The Morgan fingerprint density at radius 1 is 0.957 bits per heavy atom. The summed E-state index contributed by atoms with van der Waals surface area (Å²) in [7, 11) is 0. The largest absolute Gasteiger partial charge is 0.391 e. The fraction of sp³-hybridized carbons (Fsp3) is 0.550. The maximum Gasteiger partial charge on any atom is 0.217 e. The van der Waals surface area contributed by atoms with Crippen molar-refractivity contribution in [3.8, 4) is 0 Å². The van der Waals surface area contributed by atoms with Crippen LogP contribution < -0.4 is 5.32 Å². The molecule has 0 saturated heterocycles. The SMILES string of the molecule is CC/C=C\C/C=C\C/C=C\C/C=C\CC[C@H](O)[C@@H](C)NC(C)=O. The number of amides is 1. The summed E-state index contributed by atoms with van der Waals surface area (Å²) in [6, 6.07) is -0.195. The van der Waals surface area contributed by atoms with E-state index in [1.807, 2.05) is 6.92 Å². The first-order valence-electron chi connectivity index (χ1n) is 8.63. The third kappa shape index (κ3) is 15.1. The van der Waals surface area contributed by atoms with Crippen LogP contribution in [0.3, 0.4) is 0 Å². The molecule has 0 aliphatic heterocycles. The van der Waals surface area contributed by atoms with Crippen LogP contribution in [-0.2, 0) is 4.79 Å². The van der Waals surface area contributed by atoms with Gasteiger partial charge in [0.05, 0.1) is 12.1 Å². The van der Waals surface area contributed by atoms with Gasteiger partial charge in [-0.1, -0.05) is 55.5 Å². The molecule has 0 saturated carbocycles. The fourth-order valence-corrected chi connectivity index (χ4v) is 2.03. The molecular formula is C20H33NO2. The number of nitrogens with one attached hydrogen (secondary N) is 1. The molecule has 0 spiro atoms. The minimum atomic E-state index is -0.494. The van der Waals surface area contributed by atoms with Crippen LogP contribution in [0.15, 0.2) is 48.6 Å². The quantitative estimate of drug-likeness (QED) is 0.522. The van der Waals surface area contributed by atoms with Gasteiger partial charge in [0.15, 0.2) is 0 Å². The predicted molar refractivity (Wildman–Crippen MR) is 99.2 cm³/mol. The monoisotopic (exact) mass is 319 g/mol. The van der Waals surface area contributed by atoms with Gasteiger partial charge in [-0.05, 0) is 45.4 Å². The molecule has 0 fully saturated rings. The van der Waals surface area contributed by atoms with E-state index >= 15 is 0 Å². The lowest BCUT2D eigenvalue weighted by molar-refractivity contribution is -0.120. The van der Waals surface area contributed by atoms with E-state index in [2.05, 4.69) is 60.8 Å². The third-order valence-electron chi connectivity index (χ3n) is 3.36. The van der Waals surface area contributed by atoms with Gasteiger partial charge in [0.1, 0.15) is 0 Å². The Bertz CT molecular complexity index is 408. The molecule has 0 aromatic heterocycles. The molecule has 0 aliphatic carbocycles. The first kappa shape index (κ1) is 21.4. The van der Waals surface area contributed by atoms with Crippen LogP contribution in [0.5, 0.6) is 0 Å². The van der Waals surface area contributed by atoms with E-state index in [0.29, 0.717) is 6.42 Å². The number of rotatable bonds is 12. The zero-order valence-electron chi connectivity index (χ0n) is 14.9. The molecular weight excluding hydrogens is 286 g/mol. The summed E-state index contributed by atoms with van der Waals surface area (Å²) in [6.45, 7) is 5.43. The second-order valence-corrected chi connectivity index (χ2v) is 5.63. The molecule has 3 nitrogen and oxygen atoms in total. The minimum absolute atomic E-state index is 0.104. The van der Waals surface area contributed by atoms with Crippen LogP contribution in [0.25, 0.3) is 0 Å². The summed E-state index contributed by atoms with van der Waals surface area (Å²) in [5.41, 5.74) is 0. The van der Waals surface area contributed by atoms with Crippen molar-refractivity contribution in [1.29, 1.82) is 0 Å². The number of carbonyl (C=O) groups excluding carboxylic acids is 1. The van der Waals surface area contributed by atoms with Crippen LogP contribution in [-0.4, -0.2) is 23.2 Å². The summed E-state index contributed by atoms with van der Waals surface area (Å²) in [5, 5.41) is 12.6. The molecule has 0 heterocycles. The van der Waals surface area contributed by atoms with Crippen LogP contribution >= 0.6 is 0 Å². The zero-order chi connectivity index (χ0) is 17.3. The topological polar surface area (TPSA) is 49.3 Å². The van der Waals surface area contributed by atoms with Crippen molar-refractivity contribution in [2.75, 3.05) is 0 Å². The van der Waals surface area contributed by atoms with Gasteiger partial charge in [-0.2, -0.15) is 0 Å².